The maximum atomic E-state index is 11.7. The summed E-state index contributed by atoms with van der Waals surface area (Å²) in [4.78, 5) is 13.4. The zero-order valence-corrected chi connectivity index (χ0v) is 9.70. The van der Waals surface area contributed by atoms with Crippen LogP contribution in [0.2, 0.25) is 0 Å². The normalized spacial score (nSPS) is 22.7. The van der Waals surface area contributed by atoms with Gasteiger partial charge in [-0.05, 0) is 32.7 Å². The smallest absolute Gasteiger partial charge is 0.223 e. The van der Waals surface area contributed by atoms with Crippen molar-refractivity contribution in [3.8, 4) is 0 Å². The van der Waals surface area contributed by atoms with Crippen molar-refractivity contribution in [2.45, 2.75) is 44.8 Å². The zero-order chi connectivity index (χ0) is 11.3. The first-order chi connectivity index (χ1) is 7.09. The SMILES string of the molecule is CC(O)CCN(C)C(=O)CC1CCCN1. The summed E-state index contributed by atoms with van der Waals surface area (Å²) in [5.41, 5.74) is 0. The molecule has 1 aliphatic heterocycles. The van der Waals surface area contributed by atoms with Gasteiger partial charge in [0.1, 0.15) is 0 Å². The van der Waals surface area contributed by atoms with Crippen LogP contribution in [0.15, 0.2) is 0 Å². The molecule has 1 amide bonds. The van der Waals surface area contributed by atoms with E-state index >= 15 is 0 Å². The molecular weight excluding hydrogens is 192 g/mol. The maximum Gasteiger partial charge on any atom is 0.223 e. The number of rotatable bonds is 5. The Bertz CT molecular complexity index is 201. The highest BCUT2D eigenvalue weighted by molar-refractivity contribution is 5.76. The molecule has 2 N–H and O–H groups in total. The van der Waals surface area contributed by atoms with E-state index in [2.05, 4.69) is 5.32 Å². The average Bonchev–Trinajstić information content (AvgIpc) is 2.66. The van der Waals surface area contributed by atoms with Crippen molar-refractivity contribution in [2.75, 3.05) is 20.1 Å². The lowest BCUT2D eigenvalue weighted by Crippen LogP contribution is -2.34. The predicted octanol–water partition coefficient (Wildman–Crippen LogP) is 0.358. The van der Waals surface area contributed by atoms with Crippen LogP contribution >= 0.6 is 0 Å². The first-order valence-electron chi connectivity index (χ1n) is 5.75. The molecule has 4 nitrogen and oxygen atoms in total. The van der Waals surface area contributed by atoms with E-state index in [1.54, 1.807) is 18.9 Å². The lowest BCUT2D eigenvalue weighted by atomic mass is 10.1. The molecule has 1 fully saturated rings. The summed E-state index contributed by atoms with van der Waals surface area (Å²) >= 11 is 0. The highest BCUT2D eigenvalue weighted by Crippen LogP contribution is 2.10. The quantitative estimate of drug-likeness (QED) is 0.694. The number of aliphatic hydroxyl groups is 1. The lowest BCUT2D eigenvalue weighted by molar-refractivity contribution is -0.130. The molecule has 0 aromatic rings. The molecule has 0 aromatic carbocycles. The van der Waals surface area contributed by atoms with Crippen LogP contribution in [0.3, 0.4) is 0 Å². The summed E-state index contributed by atoms with van der Waals surface area (Å²) < 4.78 is 0. The standard InChI is InChI=1S/C11H22N2O2/c1-9(14)5-7-13(2)11(15)8-10-4-3-6-12-10/h9-10,12,14H,3-8H2,1-2H3. The third-order valence-corrected chi connectivity index (χ3v) is 2.89. The molecule has 1 heterocycles. The second-order valence-electron chi connectivity index (χ2n) is 4.45. The fraction of sp³-hybridized carbons (Fsp3) is 0.909. The second kappa shape index (κ2) is 6.08. The van der Waals surface area contributed by atoms with Gasteiger partial charge in [-0.1, -0.05) is 0 Å². The Hall–Kier alpha value is -0.610. The van der Waals surface area contributed by atoms with Gasteiger partial charge in [0.05, 0.1) is 6.10 Å². The zero-order valence-electron chi connectivity index (χ0n) is 9.70. The number of carbonyl (C=O) groups is 1. The van der Waals surface area contributed by atoms with Gasteiger partial charge in [-0.25, -0.2) is 0 Å². The van der Waals surface area contributed by atoms with Crippen molar-refractivity contribution >= 4 is 5.91 Å². The van der Waals surface area contributed by atoms with Crippen molar-refractivity contribution < 1.29 is 9.90 Å². The van der Waals surface area contributed by atoms with Crippen molar-refractivity contribution in [1.29, 1.82) is 0 Å². The van der Waals surface area contributed by atoms with Crippen molar-refractivity contribution in [1.82, 2.24) is 10.2 Å². The molecule has 1 aliphatic rings. The molecule has 1 saturated heterocycles. The first kappa shape index (κ1) is 12.5. The van der Waals surface area contributed by atoms with Crippen LogP contribution < -0.4 is 5.32 Å². The Morgan fingerprint density at radius 3 is 2.93 bits per heavy atom. The fourth-order valence-electron chi connectivity index (χ4n) is 1.80. The summed E-state index contributed by atoms with van der Waals surface area (Å²) in [7, 11) is 1.81. The van der Waals surface area contributed by atoms with E-state index in [4.69, 9.17) is 5.11 Å². The molecule has 0 aliphatic carbocycles. The monoisotopic (exact) mass is 214 g/mol. The topological polar surface area (TPSA) is 52.6 Å². The predicted molar refractivity (Wildman–Crippen MR) is 59.6 cm³/mol. The van der Waals surface area contributed by atoms with Gasteiger partial charge in [-0.3, -0.25) is 4.79 Å². The number of aliphatic hydroxyl groups excluding tert-OH is 1. The molecule has 4 heteroatoms. The number of amides is 1. The minimum absolute atomic E-state index is 0.176. The van der Waals surface area contributed by atoms with Crippen molar-refractivity contribution in [3.05, 3.63) is 0 Å². The van der Waals surface area contributed by atoms with Gasteiger partial charge in [-0.15, -0.1) is 0 Å². The second-order valence-corrected chi connectivity index (χ2v) is 4.45. The van der Waals surface area contributed by atoms with Gasteiger partial charge in [0.15, 0.2) is 0 Å². The molecule has 0 spiro atoms. The van der Waals surface area contributed by atoms with E-state index in [0.29, 0.717) is 25.4 Å². The summed E-state index contributed by atoms with van der Waals surface area (Å²) in [6.45, 7) is 3.43. The molecule has 2 atom stereocenters. The van der Waals surface area contributed by atoms with Crippen molar-refractivity contribution in [3.63, 3.8) is 0 Å². The van der Waals surface area contributed by atoms with E-state index in [1.165, 1.54) is 6.42 Å². The van der Waals surface area contributed by atoms with E-state index in [1.807, 2.05) is 0 Å². The molecular formula is C11H22N2O2. The van der Waals surface area contributed by atoms with Gasteiger partial charge in [-0.2, -0.15) is 0 Å². The minimum atomic E-state index is -0.329. The number of nitrogens with one attached hydrogen (secondary N) is 1. The lowest BCUT2D eigenvalue weighted by Gasteiger charge is -2.20. The Kier molecular flexibility index (Phi) is 5.05. The van der Waals surface area contributed by atoms with Gasteiger partial charge in [0.2, 0.25) is 5.91 Å². The van der Waals surface area contributed by atoms with Crippen LogP contribution in [0.25, 0.3) is 0 Å². The van der Waals surface area contributed by atoms with Gasteiger partial charge in [0.25, 0.3) is 0 Å². The number of hydrogen-bond donors (Lipinski definition) is 2. The van der Waals surface area contributed by atoms with Gasteiger partial charge in [0, 0.05) is 26.1 Å². The fourth-order valence-corrected chi connectivity index (χ4v) is 1.80. The van der Waals surface area contributed by atoms with E-state index in [0.717, 1.165) is 13.0 Å². The molecule has 88 valence electrons. The Labute approximate surface area is 91.6 Å². The van der Waals surface area contributed by atoms with Gasteiger partial charge < -0.3 is 15.3 Å². The van der Waals surface area contributed by atoms with Crippen LogP contribution in [0, 0.1) is 0 Å². The number of hydrogen-bond acceptors (Lipinski definition) is 3. The summed E-state index contributed by atoms with van der Waals surface area (Å²) in [5.74, 6) is 0.176. The third-order valence-electron chi connectivity index (χ3n) is 2.89. The molecule has 2 unspecified atom stereocenters. The minimum Gasteiger partial charge on any atom is -0.393 e. The molecule has 1 rings (SSSR count). The van der Waals surface area contributed by atoms with Crippen LogP contribution in [0.1, 0.15) is 32.6 Å². The van der Waals surface area contributed by atoms with Crippen molar-refractivity contribution in [2.24, 2.45) is 0 Å². The van der Waals surface area contributed by atoms with E-state index in [-0.39, 0.29) is 12.0 Å². The van der Waals surface area contributed by atoms with Gasteiger partial charge >= 0.3 is 0 Å². The molecule has 0 radical (unpaired) electrons. The molecule has 0 aromatic heterocycles. The number of nitrogens with zero attached hydrogens (tertiary/aromatic N) is 1. The van der Waals surface area contributed by atoms with Crippen LogP contribution in [-0.4, -0.2) is 48.2 Å². The Morgan fingerprint density at radius 1 is 1.67 bits per heavy atom. The van der Waals surface area contributed by atoms with Crippen LogP contribution in [0.5, 0.6) is 0 Å². The summed E-state index contributed by atoms with van der Waals surface area (Å²) in [5, 5.41) is 12.4. The molecule has 0 bridgehead atoms. The Balaban J connectivity index is 2.20. The summed E-state index contributed by atoms with van der Waals surface area (Å²) in [6.07, 6.45) is 3.20. The summed E-state index contributed by atoms with van der Waals surface area (Å²) in [6, 6.07) is 0.367. The highest BCUT2D eigenvalue weighted by Gasteiger charge is 2.19. The first-order valence-corrected chi connectivity index (χ1v) is 5.75. The van der Waals surface area contributed by atoms with Crippen LogP contribution in [0.4, 0.5) is 0 Å². The average molecular weight is 214 g/mol. The maximum absolute atomic E-state index is 11.7. The van der Waals surface area contributed by atoms with E-state index in [9.17, 15) is 4.79 Å². The number of carbonyl (C=O) groups excluding carboxylic acids is 1. The molecule has 15 heavy (non-hydrogen) atoms. The molecule has 0 saturated carbocycles. The Morgan fingerprint density at radius 2 is 2.40 bits per heavy atom. The third kappa shape index (κ3) is 4.62. The highest BCUT2D eigenvalue weighted by atomic mass is 16.3. The van der Waals surface area contributed by atoms with Crippen LogP contribution in [-0.2, 0) is 4.79 Å². The largest absolute Gasteiger partial charge is 0.393 e. The van der Waals surface area contributed by atoms with E-state index < -0.39 is 0 Å².